The number of nitrogens with one attached hydrogen (secondary N) is 1. The number of benzene rings is 1. The van der Waals surface area contributed by atoms with E-state index in [9.17, 15) is 9.59 Å². The van der Waals surface area contributed by atoms with Gasteiger partial charge in [-0.3, -0.25) is 4.79 Å². The van der Waals surface area contributed by atoms with Gasteiger partial charge < -0.3 is 15.2 Å². The number of halogens is 2. The predicted molar refractivity (Wildman–Crippen MR) is 81.0 cm³/mol. The van der Waals surface area contributed by atoms with E-state index in [4.69, 9.17) is 33.0 Å². The molecule has 1 amide bonds. The fourth-order valence-corrected chi connectivity index (χ4v) is 1.85. The Morgan fingerprint density at radius 3 is 2.38 bits per heavy atom. The molecule has 1 atom stereocenters. The molecule has 0 aliphatic rings. The maximum Gasteiger partial charge on any atom is 0.326 e. The van der Waals surface area contributed by atoms with Crippen LogP contribution in [0.3, 0.4) is 0 Å². The Balaban J connectivity index is 2.61. The van der Waals surface area contributed by atoms with Crippen LogP contribution in [0.4, 0.5) is 0 Å². The molecule has 0 spiro atoms. The van der Waals surface area contributed by atoms with Crippen molar-refractivity contribution in [2.75, 3.05) is 6.61 Å². The number of carboxylic acid groups (broad SMARTS) is 1. The van der Waals surface area contributed by atoms with Gasteiger partial charge in [-0.05, 0) is 17.5 Å². The first kappa shape index (κ1) is 17.6. The normalized spacial score (nSPS) is 12.6. The van der Waals surface area contributed by atoms with Crippen molar-refractivity contribution in [2.24, 2.45) is 5.41 Å². The lowest BCUT2D eigenvalue weighted by Gasteiger charge is -2.27. The number of carbonyl (C=O) groups is 2. The molecule has 0 unspecified atom stereocenters. The highest BCUT2D eigenvalue weighted by atomic mass is 35.5. The summed E-state index contributed by atoms with van der Waals surface area (Å²) in [7, 11) is 0. The molecule has 0 radical (unpaired) electrons. The number of aliphatic carboxylic acids is 1. The zero-order chi connectivity index (χ0) is 16.2. The second-order valence-electron chi connectivity index (χ2n) is 5.57. The number of amides is 1. The van der Waals surface area contributed by atoms with E-state index >= 15 is 0 Å². The largest absolute Gasteiger partial charge is 0.484 e. The van der Waals surface area contributed by atoms with Crippen LogP contribution < -0.4 is 10.1 Å². The van der Waals surface area contributed by atoms with Crippen molar-refractivity contribution >= 4 is 35.1 Å². The Hall–Kier alpha value is -1.46. The minimum absolute atomic E-state index is 0.308. The molecule has 1 aromatic carbocycles. The molecule has 21 heavy (non-hydrogen) atoms. The summed E-state index contributed by atoms with van der Waals surface area (Å²) in [6, 6.07) is 3.60. The molecule has 116 valence electrons. The maximum absolute atomic E-state index is 11.8. The monoisotopic (exact) mass is 333 g/mol. The van der Waals surface area contributed by atoms with Crippen LogP contribution in [-0.2, 0) is 9.59 Å². The molecule has 1 aromatic rings. The van der Waals surface area contributed by atoms with Crippen LogP contribution in [0.2, 0.25) is 10.0 Å². The lowest BCUT2D eigenvalue weighted by Crippen LogP contribution is -2.50. The molecule has 7 heteroatoms. The number of hydrogen-bond acceptors (Lipinski definition) is 3. The van der Waals surface area contributed by atoms with Gasteiger partial charge in [0.25, 0.3) is 5.91 Å². The minimum atomic E-state index is -1.09. The van der Waals surface area contributed by atoms with E-state index in [-0.39, 0.29) is 6.61 Å². The highest BCUT2D eigenvalue weighted by Crippen LogP contribution is 2.26. The molecule has 0 bridgehead atoms. The third-order valence-electron chi connectivity index (χ3n) is 2.68. The van der Waals surface area contributed by atoms with E-state index in [0.717, 1.165) is 0 Å². The molecule has 0 heterocycles. The molecule has 5 nitrogen and oxygen atoms in total. The van der Waals surface area contributed by atoms with Crippen molar-refractivity contribution < 1.29 is 19.4 Å². The van der Waals surface area contributed by atoms with Crippen LogP contribution >= 0.6 is 23.2 Å². The topological polar surface area (TPSA) is 75.6 Å². The molecular weight excluding hydrogens is 317 g/mol. The van der Waals surface area contributed by atoms with Crippen LogP contribution in [0.5, 0.6) is 5.75 Å². The summed E-state index contributed by atoms with van der Waals surface area (Å²) in [6.45, 7) is 4.88. The predicted octanol–water partition coefficient (Wildman–Crippen LogP) is 2.99. The smallest absolute Gasteiger partial charge is 0.326 e. The summed E-state index contributed by atoms with van der Waals surface area (Å²) in [6.07, 6.45) is 0. The summed E-state index contributed by atoms with van der Waals surface area (Å²) in [5, 5.41) is 12.2. The van der Waals surface area contributed by atoms with Crippen LogP contribution in [0.1, 0.15) is 20.8 Å². The van der Waals surface area contributed by atoms with Crippen molar-refractivity contribution in [1.29, 1.82) is 0 Å². The van der Waals surface area contributed by atoms with E-state index in [0.29, 0.717) is 15.8 Å². The summed E-state index contributed by atoms with van der Waals surface area (Å²) in [5.41, 5.74) is -0.606. The van der Waals surface area contributed by atoms with Gasteiger partial charge in [0.2, 0.25) is 0 Å². The fourth-order valence-electron chi connectivity index (χ4n) is 1.57. The summed E-state index contributed by atoms with van der Waals surface area (Å²) >= 11 is 11.6. The van der Waals surface area contributed by atoms with Gasteiger partial charge in [-0.15, -0.1) is 0 Å². The summed E-state index contributed by atoms with van der Waals surface area (Å²) in [5.74, 6) is -1.24. The molecule has 0 aromatic heterocycles. The van der Waals surface area contributed by atoms with Crippen LogP contribution in [-0.4, -0.2) is 29.6 Å². The fraction of sp³-hybridized carbons (Fsp3) is 0.429. The van der Waals surface area contributed by atoms with E-state index in [2.05, 4.69) is 5.32 Å². The number of ether oxygens (including phenoxy) is 1. The molecule has 0 fully saturated rings. The number of carboxylic acids is 1. The average Bonchev–Trinajstić information content (AvgIpc) is 2.35. The van der Waals surface area contributed by atoms with Gasteiger partial charge in [0.1, 0.15) is 11.8 Å². The molecular formula is C14H17Cl2NO4. The van der Waals surface area contributed by atoms with Crippen molar-refractivity contribution in [2.45, 2.75) is 26.8 Å². The van der Waals surface area contributed by atoms with Gasteiger partial charge in [0.15, 0.2) is 6.61 Å². The van der Waals surface area contributed by atoms with Gasteiger partial charge in [-0.1, -0.05) is 44.0 Å². The van der Waals surface area contributed by atoms with Crippen LogP contribution in [0.25, 0.3) is 0 Å². The molecule has 0 aliphatic heterocycles. The van der Waals surface area contributed by atoms with E-state index < -0.39 is 23.3 Å². The third-order valence-corrected chi connectivity index (χ3v) is 3.42. The zero-order valence-corrected chi connectivity index (χ0v) is 13.5. The summed E-state index contributed by atoms with van der Waals surface area (Å²) in [4.78, 5) is 22.9. The van der Waals surface area contributed by atoms with Crippen LogP contribution in [0, 0.1) is 5.41 Å². The van der Waals surface area contributed by atoms with Crippen molar-refractivity contribution in [3.8, 4) is 5.75 Å². The Morgan fingerprint density at radius 1 is 1.29 bits per heavy atom. The Kier molecular flexibility index (Phi) is 5.87. The van der Waals surface area contributed by atoms with Crippen LogP contribution in [0.15, 0.2) is 18.2 Å². The highest BCUT2D eigenvalue weighted by Gasteiger charge is 2.32. The van der Waals surface area contributed by atoms with Crippen molar-refractivity contribution in [3.05, 3.63) is 28.2 Å². The molecule has 1 rings (SSSR count). The van der Waals surface area contributed by atoms with Gasteiger partial charge in [-0.2, -0.15) is 0 Å². The maximum atomic E-state index is 11.8. The first-order valence-corrected chi connectivity index (χ1v) is 6.97. The van der Waals surface area contributed by atoms with E-state index in [1.54, 1.807) is 32.9 Å². The van der Waals surface area contributed by atoms with Gasteiger partial charge in [0, 0.05) is 6.07 Å². The second-order valence-corrected chi connectivity index (χ2v) is 6.38. The van der Waals surface area contributed by atoms with Gasteiger partial charge >= 0.3 is 5.97 Å². The standard InChI is InChI=1S/C14H17Cl2NO4/c1-14(2,3)12(13(19)20)17-11(18)7-21-8-4-5-9(15)10(16)6-8/h4-6,12H,7H2,1-3H3,(H,17,18)(H,19,20)/t12-/m0/s1. The van der Waals surface area contributed by atoms with E-state index in [1.807, 2.05) is 0 Å². The SMILES string of the molecule is CC(C)(C)[C@@H](NC(=O)COc1ccc(Cl)c(Cl)c1)C(=O)O. The highest BCUT2D eigenvalue weighted by molar-refractivity contribution is 6.42. The number of carbonyl (C=O) groups excluding carboxylic acids is 1. The molecule has 0 saturated heterocycles. The van der Waals surface area contributed by atoms with Gasteiger partial charge in [-0.25, -0.2) is 4.79 Å². The molecule has 0 saturated carbocycles. The second kappa shape index (κ2) is 7.00. The first-order chi connectivity index (χ1) is 9.61. The van der Waals surface area contributed by atoms with Crippen molar-refractivity contribution in [1.82, 2.24) is 5.32 Å². The minimum Gasteiger partial charge on any atom is -0.484 e. The third kappa shape index (κ3) is 5.44. The molecule has 2 N–H and O–H groups in total. The lowest BCUT2D eigenvalue weighted by atomic mass is 9.87. The van der Waals surface area contributed by atoms with Gasteiger partial charge in [0.05, 0.1) is 10.0 Å². The lowest BCUT2D eigenvalue weighted by molar-refractivity contribution is -0.145. The number of rotatable bonds is 5. The first-order valence-electron chi connectivity index (χ1n) is 6.21. The Bertz CT molecular complexity index is 540. The summed E-state index contributed by atoms with van der Waals surface area (Å²) < 4.78 is 5.25. The van der Waals surface area contributed by atoms with E-state index in [1.165, 1.54) is 6.07 Å². The Morgan fingerprint density at radius 2 is 1.90 bits per heavy atom. The quantitative estimate of drug-likeness (QED) is 0.868. The van der Waals surface area contributed by atoms with Crippen molar-refractivity contribution in [3.63, 3.8) is 0 Å². The number of hydrogen-bond donors (Lipinski definition) is 2. The molecule has 0 aliphatic carbocycles. The zero-order valence-electron chi connectivity index (χ0n) is 11.9. The Labute approximate surface area is 133 Å². The average molecular weight is 334 g/mol.